The molecule has 0 radical (unpaired) electrons. The molecule has 2 nitrogen and oxygen atoms in total. The molecule has 2 unspecified atom stereocenters. The predicted octanol–water partition coefficient (Wildman–Crippen LogP) is 3.07. The predicted molar refractivity (Wildman–Crippen MR) is 67.6 cm³/mol. The van der Waals surface area contributed by atoms with Crippen LogP contribution in [0.1, 0.15) is 49.9 Å². The Hall–Kier alpha value is -0.890. The van der Waals surface area contributed by atoms with Gasteiger partial charge in [0.1, 0.15) is 0 Å². The molecule has 0 aliphatic heterocycles. The van der Waals surface area contributed by atoms with Gasteiger partial charge in [0.05, 0.1) is 0 Å². The lowest BCUT2D eigenvalue weighted by molar-refractivity contribution is 0.204. The number of aliphatic hydroxyl groups is 1. The summed E-state index contributed by atoms with van der Waals surface area (Å²) in [5.74, 6) is 0.955. The van der Waals surface area contributed by atoms with E-state index in [2.05, 4.69) is 24.9 Å². The average Bonchev–Trinajstić information content (AvgIpc) is 2.32. The lowest BCUT2D eigenvalue weighted by Crippen LogP contribution is -2.21. The molecular formula is C14H23NO. The fraction of sp³-hybridized carbons (Fsp3) is 0.643. The topological polar surface area (TPSA) is 33.1 Å². The molecular weight excluding hydrogens is 198 g/mol. The number of pyridine rings is 1. The zero-order chi connectivity index (χ0) is 12.1. The first kappa shape index (κ1) is 13.2. The number of nitrogens with zero attached hydrogens (tertiary/aromatic N) is 1. The van der Waals surface area contributed by atoms with E-state index in [1.807, 2.05) is 20.0 Å². The maximum absolute atomic E-state index is 9.16. The summed E-state index contributed by atoms with van der Waals surface area (Å²) in [5, 5.41) is 9.16. The summed E-state index contributed by atoms with van der Waals surface area (Å²) in [7, 11) is 0. The standard InChI is InChI=1S/C12H17NO.C2H6/c1-8-3-11-9(2)4-10(7-14)5-12(11)13-6-8;1-2/h3,6,9-10,14H,4-5,7H2,1-2H3;1-2H3. The van der Waals surface area contributed by atoms with Gasteiger partial charge in [-0.15, -0.1) is 0 Å². The molecule has 1 heterocycles. The normalized spacial score (nSPS) is 23.1. The highest BCUT2D eigenvalue weighted by molar-refractivity contribution is 5.30. The molecule has 2 atom stereocenters. The second-order valence-corrected chi connectivity index (χ2v) is 4.44. The molecule has 1 aromatic heterocycles. The maximum Gasteiger partial charge on any atom is 0.0463 e. The number of hydrogen-bond acceptors (Lipinski definition) is 2. The fourth-order valence-electron chi connectivity index (χ4n) is 2.34. The van der Waals surface area contributed by atoms with Crippen molar-refractivity contribution < 1.29 is 5.11 Å². The van der Waals surface area contributed by atoms with Gasteiger partial charge >= 0.3 is 0 Å². The van der Waals surface area contributed by atoms with Gasteiger partial charge in [-0.05, 0) is 42.7 Å². The quantitative estimate of drug-likeness (QED) is 0.790. The number of hydrogen-bond donors (Lipinski definition) is 1. The zero-order valence-electron chi connectivity index (χ0n) is 10.8. The Bertz CT molecular complexity index is 336. The summed E-state index contributed by atoms with van der Waals surface area (Å²) in [5.41, 5.74) is 3.81. The molecule has 2 heteroatoms. The van der Waals surface area contributed by atoms with E-state index in [1.54, 1.807) is 0 Å². The van der Waals surface area contributed by atoms with Gasteiger partial charge in [0.15, 0.2) is 0 Å². The lowest BCUT2D eigenvalue weighted by atomic mass is 9.80. The van der Waals surface area contributed by atoms with Crippen LogP contribution in [-0.2, 0) is 6.42 Å². The first-order chi connectivity index (χ1) is 7.70. The largest absolute Gasteiger partial charge is 0.396 e. The van der Waals surface area contributed by atoms with Crippen LogP contribution in [0.3, 0.4) is 0 Å². The van der Waals surface area contributed by atoms with Crippen molar-refractivity contribution in [3.05, 3.63) is 29.1 Å². The van der Waals surface area contributed by atoms with Crippen LogP contribution in [0.5, 0.6) is 0 Å². The third-order valence-corrected chi connectivity index (χ3v) is 3.10. The van der Waals surface area contributed by atoms with Crippen molar-refractivity contribution in [2.75, 3.05) is 6.61 Å². The molecule has 0 bridgehead atoms. The minimum Gasteiger partial charge on any atom is -0.396 e. The van der Waals surface area contributed by atoms with Crippen molar-refractivity contribution >= 4 is 0 Å². The van der Waals surface area contributed by atoms with Crippen molar-refractivity contribution in [2.45, 2.75) is 46.5 Å². The van der Waals surface area contributed by atoms with Crippen LogP contribution in [0.2, 0.25) is 0 Å². The van der Waals surface area contributed by atoms with E-state index in [0.29, 0.717) is 18.4 Å². The Kier molecular flexibility index (Phi) is 4.94. The van der Waals surface area contributed by atoms with E-state index in [9.17, 15) is 0 Å². The molecule has 90 valence electrons. The number of aliphatic hydroxyl groups excluding tert-OH is 1. The van der Waals surface area contributed by atoms with Crippen LogP contribution in [0, 0.1) is 12.8 Å². The van der Waals surface area contributed by atoms with Crippen molar-refractivity contribution in [1.82, 2.24) is 4.98 Å². The van der Waals surface area contributed by atoms with Gasteiger partial charge in [-0.3, -0.25) is 4.98 Å². The maximum atomic E-state index is 9.16. The number of rotatable bonds is 1. The Balaban J connectivity index is 0.000000606. The molecule has 1 N–H and O–H groups in total. The van der Waals surface area contributed by atoms with Gasteiger partial charge in [0, 0.05) is 18.5 Å². The minimum atomic E-state index is 0.291. The summed E-state index contributed by atoms with van der Waals surface area (Å²) in [6.45, 7) is 8.60. The number of fused-ring (bicyclic) bond motifs is 1. The summed E-state index contributed by atoms with van der Waals surface area (Å²) in [6, 6.07) is 2.24. The number of aryl methyl sites for hydroxylation is 1. The van der Waals surface area contributed by atoms with Gasteiger partial charge in [-0.2, -0.15) is 0 Å². The van der Waals surface area contributed by atoms with E-state index >= 15 is 0 Å². The molecule has 2 rings (SSSR count). The summed E-state index contributed by atoms with van der Waals surface area (Å²) in [6.07, 6.45) is 3.95. The molecule has 0 saturated carbocycles. The van der Waals surface area contributed by atoms with Gasteiger partial charge in [-0.1, -0.05) is 26.8 Å². The SMILES string of the molecule is CC.Cc1cnc2c(c1)C(C)CC(CO)C2. The van der Waals surface area contributed by atoms with Gasteiger partial charge in [-0.25, -0.2) is 0 Å². The van der Waals surface area contributed by atoms with Crippen LogP contribution in [0.25, 0.3) is 0 Å². The summed E-state index contributed by atoms with van der Waals surface area (Å²) < 4.78 is 0. The van der Waals surface area contributed by atoms with E-state index < -0.39 is 0 Å². The van der Waals surface area contributed by atoms with Crippen molar-refractivity contribution in [1.29, 1.82) is 0 Å². The van der Waals surface area contributed by atoms with E-state index in [1.165, 1.54) is 16.8 Å². The van der Waals surface area contributed by atoms with Gasteiger partial charge in [0.2, 0.25) is 0 Å². The Morgan fingerprint density at radius 1 is 1.44 bits per heavy atom. The Morgan fingerprint density at radius 2 is 2.12 bits per heavy atom. The molecule has 0 amide bonds. The highest BCUT2D eigenvalue weighted by atomic mass is 16.3. The number of aromatic nitrogens is 1. The summed E-state index contributed by atoms with van der Waals surface area (Å²) in [4.78, 5) is 4.46. The monoisotopic (exact) mass is 221 g/mol. The first-order valence-corrected chi connectivity index (χ1v) is 6.27. The first-order valence-electron chi connectivity index (χ1n) is 6.27. The van der Waals surface area contributed by atoms with Gasteiger partial charge < -0.3 is 5.11 Å². The van der Waals surface area contributed by atoms with Crippen molar-refractivity contribution in [3.8, 4) is 0 Å². The van der Waals surface area contributed by atoms with E-state index in [0.717, 1.165) is 12.8 Å². The molecule has 0 spiro atoms. The fourth-order valence-corrected chi connectivity index (χ4v) is 2.34. The Morgan fingerprint density at radius 3 is 2.75 bits per heavy atom. The molecule has 1 aliphatic carbocycles. The van der Waals surface area contributed by atoms with Crippen LogP contribution in [-0.4, -0.2) is 16.7 Å². The van der Waals surface area contributed by atoms with Crippen LogP contribution >= 0.6 is 0 Å². The van der Waals surface area contributed by atoms with Crippen molar-refractivity contribution in [2.24, 2.45) is 5.92 Å². The molecule has 16 heavy (non-hydrogen) atoms. The van der Waals surface area contributed by atoms with Gasteiger partial charge in [0.25, 0.3) is 0 Å². The Labute approximate surface area is 98.7 Å². The third kappa shape index (κ3) is 2.82. The van der Waals surface area contributed by atoms with Crippen molar-refractivity contribution in [3.63, 3.8) is 0 Å². The van der Waals surface area contributed by atoms with Crippen LogP contribution < -0.4 is 0 Å². The lowest BCUT2D eigenvalue weighted by Gasteiger charge is -2.27. The molecule has 1 aliphatic rings. The molecule has 1 aromatic rings. The highest BCUT2D eigenvalue weighted by Gasteiger charge is 2.24. The zero-order valence-corrected chi connectivity index (χ0v) is 10.8. The van der Waals surface area contributed by atoms with E-state index in [-0.39, 0.29) is 0 Å². The van der Waals surface area contributed by atoms with Crippen LogP contribution in [0.4, 0.5) is 0 Å². The molecule has 0 fully saturated rings. The molecule has 0 aromatic carbocycles. The third-order valence-electron chi connectivity index (χ3n) is 3.10. The minimum absolute atomic E-state index is 0.291. The van der Waals surface area contributed by atoms with Crippen LogP contribution in [0.15, 0.2) is 12.3 Å². The smallest absolute Gasteiger partial charge is 0.0463 e. The summed E-state index contributed by atoms with van der Waals surface area (Å²) >= 11 is 0. The highest BCUT2D eigenvalue weighted by Crippen LogP contribution is 2.33. The molecule has 0 saturated heterocycles. The second kappa shape index (κ2) is 6.00. The van der Waals surface area contributed by atoms with E-state index in [4.69, 9.17) is 5.11 Å². The second-order valence-electron chi connectivity index (χ2n) is 4.44. The average molecular weight is 221 g/mol.